The zero-order valence-electron chi connectivity index (χ0n) is 12.4. The highest BCUT2D eigenvalue weighted by Gasteiger charge is 2.18. The van der Waals surface area contributed by atoms with Gasteiger partial charge in [0, 0.05) is 12.8 Å². The lowest BCUT2D eigenvalue weighted by molar-refractivity contribution is 0.324. The molecule has 1 unspecified atom stereocenters. The maximum atomic E-state index is 5.79. The van der Waals surface area contributed by atoms with Gasteiger partial charge in [0.25, 0.3) is 0 Å². The van der Waals surface area contributed by atoms with Gasteiger partial charge in [-0.05, 0) is 30.2 Å². The third kappa shape index (κ3) is 5.63. The molecule has 0 aliphatic carbocycles. The Morgan fingerprint density at radius 1 is 1.28 bits per heavy atom. The molecular formula is C14H27N3O. The minimum Gasteiger partial charge on any atom is -0.339 e. The molecule has 0 aromatic carbocycles. The van der Waals surface area contributed by atoms with E-state index in [0.717, 1.165) is 31.0 Å². The Hall–Kier alpha value is -0.900. The molecule has 0 aliphatic rings. The van der Waals surface area contributed by atoms with Crippen molar-refractivity contribution in [3.8, 4) is 0 Å². The summed E-state index contributed by atoms with van der Waals surface area (Å²) in [6, 6.07) is 0. The van der Waals surface area contributed by atoms with Crippen molar-refractivity contribution in [3.63, 3.8) is 0 Å². The molecule has 0 radical (unpaired) electrons. The molecule has 4 heteroatoms. The van der Waals surface area contributed by atoms with Gasteiger partial charge in [-0.15, -0.1) is 0 Å². The van der Waals surface area contributed by atoms with Crippen LogP contribution in [-0.2, 0) is 12.8 Å². The van der Waals surface area contributed by atoms with Crippen molar-refractivity contribution in [1.29, 1.82) is 0 Å². The van der Waals surface area contributed by atoms with Gasteiger partial charge in [-0.1, -0.05) is 39.8 Å². The standard InChI is InChI=1S/C14H27N3O/c1-10(2)6-11(9-15)7-13-16-12(17-18-13)8-14(3,4)5/h10-11H,6-9,15H2,1-5H3. The Kier molecular flexibility index (Phi) is 5.32. The summed E-state index contributed by atoms with van der Waals surface area (Å²) >= 11 is 0. The molecule has 1 heterocycles. The van der Waals surface area contributed by atoms with E-state index in [1.54, 1.807) is 0 Å². The Bertz CT molecular complexity index is 352. The predicted molar refractivity (Wildman–Crippen MR) is 73.2 cm³/mol. The Morgan fingerprint density at radius 2 is 1.94 bits per heavy atom. The predicted octanol–water partition coefficient (Wildman–Crippen LogP) is 2.82. The fraction of sp³-hybridized carbons (Fsp3) is 0.857. The van der Waals surface area contributed by atoms with Crippen molar-refractivity contribution in [1.82, 2.24) is 10.1 Å². The molecule has 0 saturated heterocycles. The van der Waals surface area contributed by atoms with Gasteiger partial charge >= 0.3 is 0 Å². The van der Waals surface area contributed by atoms with Crippen molar-refractivity contribution in [2.75, 3.05) is 6.54 Å². The number of hydrogen-bond donors (Lipinski definition) is 1. The van der Waals surface area contributed by atoms with Crippen LogP contribution in [0.15, 0.2) is 4.52 Å². The summed E-state index contributed by atoms with van der Waals surface area (Å²) in [5, 5.41) is 4.04. The molecule has 0 aliphatic heterocycles. The van der Waals surface area contributed by atoms with Crippen LogP contribution in [0.3, 0.4) is 0 Å². The lowest BCUT2D eigenvalue weighted by atomic mass is 9.92. The first-order chi connectivity index (χ1) is 8.30. The number of nitrogens with two attached hydrogens (primary N) is 1. The summed E-state index contributed by atoms with van der Waals surface area (Å²) < 4.78 is 5.31. The first-order valence-electron chi connectivity index (χ1n) is 6.81. The van der Waals surface area contributed by atoms with Crippen LogP contribution in [-0.4, -0.2) is 16.7 Å². The highest BCUT2D eigenvalue weighted by atomic mass is 16.5. The summed E-state index contributed by atoms with van der Waals surface area (Å²) in [7, 11) is 0. The topological polar surface area (TPSA) is 64.9 Å². The van der Waals surface area contributed by atoms with E-state index in [9.17, 15) is 0 Å². The fourth-order valence-electron chi connectivity index (χ4n) is 2.10. The highest BCUT2D eigenvalue weighted by Crippen LogP contribution is 2.20. The van der Waals surface area contributed by atoms with Gasteiger partial charge in [-0.25, -0.2) is 0 Å². The zero-order chi connectivity index (χ0) is 13.8. The smallest absolute Gasteiger partial charge is 0.226 e. The van der Waals surface area contributed by atoms with Crippen molar-refractivity contribution in [3.05, 3.63) is 11.7 Å². The number of hydrogen-bond acceptors (Lipinski definition) is 4. The third-order valence-corrected chi connectivity index (χ3v) is 2.80. The summed E-state index contributed by atoms with van der Waals surface area (Å²) in [5.41, 5.74) is 5.97. The van der Waals surface area contributed by atoms with Gasteiger partial charge in [0.1, 0.15) is 0 Å². The zero-order valence-corrected chi connectivity index (χ0v) is 12.4. The number of nitrogens with zero attached hydrogens (tertiary/aromatic N) is 2. The molecule has 18 heavy (non-hydrogen) atoms. The van der Waals surface area contributed by atoms with Gasteiger partial charge in [0.05, 0.1) is 0 Å². The van der Waals surface area contributed by atoms with Crippen LogP contribution in [0, 0.1) is 17.3 Å². The monoisotopic (exact) mass is 253 g/mol. The van der Waals surface area contributed by atoms with Crippen LogP contribution in [0.5, 0.6) is 0 Å². The van der Waals surface area contributed by atoms with Crippen LogP contribution in [0.1, 0.15) is 52.8 Å². The third-order valence-electron chi connectivity index (χ3n) is 2.80. The molecule has 0 saturated carbocycles. The van der Waals surface area contributed by atoms with E-state index >= 15 is 0 Å². The molecule has 0 spiro atoms. The lowest BCUT2D eigenvalue weighted by Gasteiger charge is -2.15. The van der Waals surface area contributed by atoms with E-state index in [4.69, 9.17) is 10.3 Å². The minimum atomic E-state index is 0.187. The van der Waals surface area contributed by atoms with Gasteiger partial charge in [-0.3, -0.25) is 0 Å². The Balaban J connectivity index is 2.57. The van der Waals surface area contributed by atoms with Gasteiger partial charge in [0.15, 0.2) is 5.82 Å². The van der Waals surface area contributed by atoms with E-state index in [0.29, 0.717) is 18.4 Å². The number of rotatable bonds is 6. The Morgan fingerprint density at radius 3 is 2.44 bits per heavy atom. The van der Waals surface area contributed by atoms with Crippen LogP contribution in [0.2, 0.25) is 0 Å². The molecular weight excluding hydrogens is 226 g/mol. The van der Waals surface area contributed by atoms with E-state index in [2.05, 4.69) is 44.8 Å². The first-order valence-corrected chi connectivity index (χ1v) is 6.81. The van der Waals surface area contributed by atoms with Crippen LogP contribution in [0.4, 0.5) is 0 Å². The summed E-state index contributed by atoms with van der Waals surface area (Å²) in [4.78, 5) is 4.46. The van der Waals surface area contributed by atoms with Crippen molar-refractivity contribution < 1.29 is 4.52 Å². The minimum absolute atomic E-state index is 0.187. The summed E-state index contributed by atoms with van der Waals surface area (Å²) in [6.45, 7) is 11.6. The first kappa shape index (κ1) is 15.2. The van der Waals surface area contributed by atoms with Crippen molar-refractivity contribution >= 4 is 0 Å². The molecule has 0 amide bonds. The number of aromatic nitrogens is 2. The summed E-state index contributed by atoms with van der Waals surface area (Å²) in [6.07, 6.45) is 2.74. The average molecular weight is 253 g/mol. The van der Waals surface area contributed by atoms with E-state index in [1.807, 2.05) is 0 Å². The average Bonchev–Trinajstić information content (AvgIpc) is 2.61. The molecule has 0 fully saturated rings. The van der Waals surface area contributed by atoms with Crippen LogP contribution in [0.25, 0.3) is 0 Å². The SMILES string of the molecule is CC(C)CC(CN)Cc1nc(CC(C)(C)C)no1. The van der Waals surface area contributed by atoms with Crippen molar-refractivity contribution in [2.24, 2.45) is 23.0 Å². The van der Waals surface area contributed by atoms with E-state index in [-0.39, 0.29) is 5.41 Å². The highest BCUT2D eigenvalue weighted by molar-refractivity contribution is 4.91. The molecule has 1 aromatic rings. The molecule has 2 N–H and O–H groups in total. The molecule has 0 bridgehead atoms. The van der Waals surface area contributed by atoms with Gasteiger partial charge < -0.3 is 10.3 Å². The quantitative estimate of drug-likeness (QED) is 0.846. The molecule has 104 valence electrons. The van der Waals surface area contributed by atoms with Crippen molar-refractivity contribution in [2.45, 2.75) is 53.9 Å². The molecule has 4 nitrogen and oxygen atoms in total. The second-order valence-corrected chi connectivity index (χ2v) is 6.78. The maximum absolute atomic E-state index is 5.79. The van der Waals surface area contributed by atoms with Gasteiger partial charge in [0.2, 0.25) is 5.89 Å². The second kappa shape index (κ2) is 6.32. The summed E-state index contributed by atoms with van der Waals surface area (Å²) in [5.74, 6) is 2.62. The van der Waals surface area contributed by atoms with Crippen LogP contribution < -0.4 is 5.73 Å². The molecule has 1 aromatic heterocycles. The maximum Gasteiger partial charge on any atom is 0.226 e. The Labute approximate surface area is 110 Å². The van der Waals surface area contributed by atoms with E-state index in [1.165, 1.54) is 0 Å². The molecule has 1 rings (SSSR count). The normalized spacial score (nSPS) is 14.2. The lowest BCUT2D eigenvalue weighted by Crippen LogP contribution is -2.19. The molecule has 1 atom stereocenters. The van der Waals surface area contributed by atoms with E-state index < -0.39 is 0 Å². The van der Waals surface area contributed by atoms with Gasteiger partial charge in [-0.2, -0.15) is 4.98 Å². The largest absolute Gasteiger partial charge is 0.339 e. The second-order valence-electron chi connectivity index (χ2n) is 6.78. The fourth-order valence-corrected chi connectivity index (χ4v) is 2.10. The van der Waals surface area contributed by atoms with Crippen LogP contribution >= 0.6 is 0 Å².